The molecule has 7 nitrogen and oxygen atoms in total. The Hall–Kier alpha value is -3.79. The fourth-order valence-corrected chi connectivity index (χ4v) is 4.34. The van der Waals surface area contributed by atoms with E-state index in [1.54, 1.807) is 6.92 Å². The second-order valence-corrected chi connectivity index (χ2v) is 8.34. The van der Waals surface area contributed by atoms with Gasteiger partial charge in [-0.15, -0.1) is 11.8 Å². The Balaban J connectivity index is 1.25. The van der Waals surface area contributed by atoms with Gasteiger partial charge in [-0.2, -0.15) is 0 Å². The highest BCUT2D eigenvalue weighted by atomic mass is 16.5. The van der Waals surface area contributed by atoms with E-state index in [9.17, 15) is 19.5 Å². The molecule has 2 aliphatic rings. The molecule has 0 heterocycles. The highest BCUT2D eigenvalue weighted by Gasteiger charge is 2.44. The van der Waals surface area contributed by atoms with Gasteiger partial charge in [0.2, 0.25) is 5.91 Å². The number of nitrogens with one attached hydrogen (secondary N) is 2. The Bertz CT molecular complexity index is 1090. The van der Waals surface area contributed by atoms with Crippen molar-refractivity contribution in [2.45, 2.75) is 31.7 Å². The quantitative estimate of drug-likeness (QED) is 0.541. The molecule has 0 radical (unpaired) electrons. The van der Waals surface area contributed by atoms with Crippen molar-refractivity contribution in [2.75, 3.05) is 13.2 Å². The predicted molar refractivity (Wildman–Crippen MR) is 122 cm³/mol. The summed E-state index contributed by atoms with van der Waals surface area (Å²) < 4.78 is 5.51. The van der Waals surface area contributed by atoms with E-state index in [1.165, 1.54) is 11.1 Å². The number of fused-ring (bicyclic) bond motifs is 3. The summed E-state index contributed by atoms with van der Waals surface area (Å²) in [5.74, 6) is 3.52. The number of benzene rings is 2. The maximum absolute atomic E-state index is 12.3. The number of alkyl carbamates (subject to hydrolysis) is 1. The van der Waals surface area contributed by atoms with E-state index in [0.717, 1.165) is 11.1 Å². The summed E-state index contributed by atoms with van der Waals surface area (Å²) in [6, 6.07) is 15.2. The zero-order valence-corrected chi connectivity index (χ0v) is 18.3. The standard InChI is InChI=1S/C26H26N2O5/c1-2-3-12-23(25(30)31)28-24(29)21-13-16(21)14-27-26(32)33-15-22-19-10-6-4-8-17(19)18-9-5-7-11-20(18)22/h4-11,16,21-23H,12-15H2,1H3,(H,27,32)(H,28,29)(H,30,31). The van der Waals surface area contributed by atoms with Gasteiger partial charge in [0.05, 0.1) is 0 Å². The fraction of sp³-hybridized carbons (Fsp3) is 0.346. The van der Waals surface area contributed by atoms with Crippen molar-refractivity contribution in [2.24, 2.45) is 11.8 Å². The van der Waals surface area contributed by atoms with Crippen LogP contribution in [0.25, 0.3) is 11.1 Å². The lowest BCUT2D eigenvalue weighted by Gasteiger charge is -2.14. The van der Waals surface area contributed by atoms with Crippen LogP contribution in [0.3, 0.4) is 0 Å². The van der Waals surface area contributed by atoms with Crippen LogP contribution in [0.15, 0.2) is 48.5 Å². The Morgan fingerprint density at radius 1 is 1.09 bits per heavy atom. The highest BCUT2D eigenvalue weighted by Crippen LogP contribution is 2.44. The summed E-state index contributed by atoms with van der Waals surface area (Å²) in [5.41, 5.74) is 4.62. The molecule has 0 aromatic heterocycles. The largest absolute Gasteiger partial charge is 0.480 e. The first kappa shape index (κ1) is 22.4. The number of carbonyl (C=O) groups is 3. The van der Waals surface area contributed by atoms with Crippen LogP contribution < -0.4 is 10.6 Å². The smallest absolute Gasteiger partial charge is 0.407 e. The Morgan fingerprint density at radius 2 is 1.73 bits per heavy atom. The first-order chi connectivity index (χ1) is 16.0. The third-order valence-electron chi connectivity index (χ3n) is 6.21. The van der Waals surface area contributed by atoms with Crippen molar-refractivity contribution < 1.29 is 24.2 Å². The van der Waals surface area contributed by atoms with Gasteiger partial charge in [-0.3, -0.25) is 4.79 Å². The summed E-state index contributed by atoms with van der Waals surface area (Å²) in [6.07, 6.45) is 0.137. The van der Waals surface area contributed by atoms with Gasteiger partial charge in [-0.25, -0.2) is 9.59 Å². The number of carboxylic acid groups (broad SMARTS) is 1. The first-order valence-corrected chi connectivity index (χ1v) is 11.0. The minimum atomic E-state index is -1.11. The van der Waals surface area contributed by atoms with Gasteiger partial charge in [0, 0.05) is 24.8 Å². The van der Waals surface area contributed by atoms with E-state index < -0.39 is 18.1 Å². The van der Waals surface area contributed by atoms with E-state index in [0.29, 0.717) is 13.0 Å². The van der Waals surface area contributed by atoms with Gasteiger partial charge in [0.15, 0.2) is 0 Å². The molecule has 33 heavy (non-hydrogen) atoms. The zero-order valence-electron chi connectivity index (χ0n) is 18.3. The van der Waals surface area contributed by atoms with Crippen LogP contribution in [0.4, 0.5) is 4.79 Å². The summed E-state index contributed by atoms with van der Waals surface area (Å²) in [7, 11) is 0. The second-order valence-electron chi connectivity index (χ2n) is 8.34. The normalized spacial score (nSPS) is 18.7. The lowest BCUT2D eigenvalue weighted by atomic mass is 9.98. The van der Waals surface area contributed by atoms with Gasteiger partial charge >= 0.3 is 12.1 Å². The van der Waals surface area contributed by atoms with E-state index in [4.69, 9.17) is 4.74 Å². The van der Waals surface area contributed by atoms with E-state index in [-0.39, 0.29) is 36.7 Å². The Kier molecular flexibility index (Phi) is 6.64. The number of hydrogen-bond donors (Lipinski definition) is 3. The molecule has 2 aromatic carbocycles. The molecule has 4 rings (SSSR count). The molecular weight excluding hydrogens is 420 g/mol. The number of rotatable bonds is 8. The third kappa shape index (κ3) is 5.01. The lowest BCUT2D eigenvalue weighted by molar-refractivity contribution is -0.141. The molecule has 2 aliphatic carbocycles. The maximum atomic E-state index is 12.3. The van der Waals surface area contributed by atoms with Crippen molar-refractivity contribution in [1.29, 1.82) is 0 Å². The summed E-state index contributed by atoms with van der Waals surface area (Å²) in [4.78, 5) is 35.9. The first-order valence-electron chi connectivity index (χ1n) is 11.0. The second kappa shape index (κ2) is 9.78. The molecule has 0 bridgehead atoms. The zero-order chi connectivity index (χ0) is 23.4. The number of aliphatic carboxylic acids is 1. The molecular formula is C26H26N2O5. The number of amides is 2. The molecule has 3 unspecified atom stereocenters. The average Bonchev–Trinajstić information content (AvgIpc) is 3.54. The average molecular weight is 447 g/mol. The maximum Gasteiger partial charge on any atom is 0.407 e. The van der Waals surface area contributed by atoms with Gasteiger partial charge < -0.3 is 20.5 Å². The van der Waals surface area contributed by atoms with Crippen LogP contribution in [0.2, 0.25) is 0 Å². The minimum absolute atomic E-state index is 0.0122. The number of carboxylic acids is 1. The molecule has 1 saturated carbocycles. The fourth-order valence-electron chi connectivity index (χ4n) is 4.34. The van der Waals surface area contributed by atoms with Crippen molar-refractivity contribution in [3.63, 3.8) is 0 Å². The van der Waals surface area contributed by atoms with Gasteiger partial charge in [0.1, 0.15) is 12.6 Å². The molecule has 7 heteroatoms. The van der Waals surface area contributed by atoms with E-state index >= 15 is 0 Å². The molecule has 3 N–H and O–H groups in total. The predicted octanol–water partition coefficient (Wildman–Crippen LogP) is 3.14. The molecule has 2 aromatic rings. The molecule has 1 fully saturated rings. The molecule has 2 amide bonds. The highest BCUT2D eigenvalue weighted by molar-refractivity contribution is 5.87. The molecule has 0 saturated heterocycles. The van der Waals surface area contributed by atoms with Crippen LogP contribution in [-0.4, -0.2) is 42.3 Å². The van der Waals surface area contributed by atoms with Crippen LogP contribution in [0.1, 0.15) is 36.8 Å². The van der Waals surface area contributed by atoms with Crippen molar-refractivity contribution in [1.82, 2.24) is 10.6 Å². The monoisotopic (exact) mass is 446 g/mol. The minimum Gasteiger partial charge on any atom is -0.480 e. The van der Waals surface area contributed by atoms with E-state index in [2.05, 4.69) is 46.7 Å². The van der Waals surface area contributed by atoms with Crippen LogP contribution in [0, 0.1) is 23.7 Å². The topological polar surface area (TPSA) is 105 Å². The summed E-state index contributed by atoms with van der Waals surface area (Å²) in [5, 5.41) is 14.5. The van der Waals surface area contributed by atoms with E-state index in [1.807, 2.05) is 24.3 Å². The van der Waals surface area contributed by atoms with Crippen LogP contribution in [-0.2, 0) is 14.3 Å². The van der Waals surface area contributed by atoms with Crippen LogP contribution >= 0.6 is 0 Å². The van der Waals surface area contributed by atoms with Crippen molar-refractivity contribution in [3.8, 4) is 23.0 Å². The lowest BCUT2D eigenvalue weighted by Crippen LogP contribution is -2.41. The van der Waals surface area contributed by atoms with Gasteiger partial charge in [-0.1, -0.05) is 48.5 Å². The summed E-state index contributed by atoms with van der Waals surface area (Å²) in [6.45, 7) is 2.15. The molecule has 3 atom stereocenters. The Morgan fingerprint density at radius 3 is 2.33 bits per heavy atom. The third-order valence-corrected chi connectivity index (χ3v) is 6.21. The van der Waals surface area contributed by atoms with Crippen molar-refractivity contribution >= 4 is 18.0 Å². The van der Waals surface area contributed by atoms with Crippen molar-refractivity contribution in [3.05, 3.63) is 59.7 Å². The van der Waals surface area contributed by atoms with Crippen LogP contribution in [0.5, 0.6) is 0 Å². The SMILES string of the molecule is CC#CCC(NC(=O)C1CC1CNC(=O)OCC1c2ccccc2-c2ccccc21)C(=O)O. The number of hydrogen-bond acceptors (Lipinski definition) is 4. The number of ether oxygens (including phenoxy) is 1. The Labute approximate surface area is 192 Å². The summed E-state index contributed by atoms with van der Waals surface area (Å²) >= 11 is 0. The molecule has 170 valence electrons. The van der Waals surface area contributed by atoms with Gasteiger partial charge in [0.25, 0.3) is 0 Å². The number of carbonyl (C=O) groups excluding carboxylic acids is 2. The van der Waals surface area contributed by atoms with Gasteiger partial charge in [-0.05, 0) is 41.5 Å². The molecule has 0 aliphatic heterocycles. The molecule has 0 spiro atoms.